The monoisotopic (exact) mass is 324 g/mol. The van der Waals surface area contributed by atoms with Crippen molar-refractivity contribution in [2.24, 2.45) is 5.73 Å². The summed E-state index contributed by atoms with van der Waals surface area (Å²) in [5.41, 5.74) is 6.61. The highest BCUT2D eigenvalue weighted by atomic mass is 35.5. The van der Waals surface area contributed by atoms with E-state index in [0.29, 0.717) is 23.2 Å². The summed E-state index contributed by atoms with van der Waals surface area (Å²) in [6, 6.07) is 9.44. The number of nitrogens with zero attached hydrogens (tertiary/aromatic N) is 1. The Hall–Kier alpha value is -0.940. The average molecular weight is 325 g/mol. The first-order valence-electron chi connectivity index (χ1n) is 7.12. The lowest BCUT2D eigenvalue weighted by Gasteiger charge is -2.31. The molecule has 1 atom stereocenters. The van der Waals surface area contributed by atoms with E-state index in [-0.39, 0.29) is 11.9 Å². The summed E-state index contributed by atoms with van der Waals surface area (Å²) in [7, 11) is 0. The Morgan fingerprint density at radius 1 is 1.38 bits per heavy atom. The Balaban J connectivity index is 1.88. The van der Waals surface area contributed by atoms with E-state index in [9.17, 15) is 4.39 Å². The quantitative estimate of drug-likeness (QED) is 0.862. The van der Waals surface area contributed by atoms with Crippen molar-refractivity contribution in [2.75, 3.05) is 6.54 Å². The van der Waals surface area contributed by atoms with Crippen molar-refractivity contribution < 1.29 is 4.39 Å². The van der Waals surface area contributed by atoms with E-state index >= 15 is 0 Å². The van der Waals surface area contributed by atoms with Crippen LogP contribution < -0.4 is 5.73 Å². The molecular weight excluding hydrogens is 307 g/mol. The smallest absolute Gasteiger partial charge is 0.129 e. The maximum absolute atomic E-state index is 14.2. The first kappa shape index (κ1) is 15.0. The Morgan fingerprint density at radius 3 is 2.76 bits per heavy atom. The summed E-state index contributed by atoms with van der Waals surface area (Å²) in [6.45, 7) is 1.23. The van der Waals surface area contributed by atoms with Crippen molar-refractivity contribution >= 4 is 22.9 Å². The van der Waals surface area contributed by atoms with E-state index in [4.69, 9.17) is 17.3 Å². The zero-order valence-electron chi connectivity index (χ0n) is 11.6. The number of rotatable bonds is 6. The topological polar surface area (TPSA) is 29.3 Å². The molecule has 1 fully saturated rings. The van der Waals surface area contributed by atoms with Crippen LogP contribution >= 0.6 is 22.9 Å². The van der Waals surface area contributed by atoms with Crippen LogP contribution in [0.1, 0.15) is 29.3 Å². The lowest BCUT2D eigenvalue weighted by Crippen LogP contribution is -2.35. The summed E-state index contributed by atoms with van der Waals surface area (Å²) in [6.07, 6.45) is 2.33. The van der Waals surface area contributed by atoms with Crippen molar-refractivity contribution in [1.29, 1.82) is 0 Å². The molecule has 5 heteroatoms. The molecule has 1 unspecified atom stereocenters. The minimum absolute atomic E-state index is 0.100. The predicted octanol–water partition coefficient (Wildman–Crippen LogP) is 4.21. The summed E-state index contributed by atoms with van der Waals surface area (Å²) in [5.74, 6) is -0.269. The van der Waals surface area contributed by atoms with E-state index in [1.54, 1.807) is 23.5 Å². The Bertz CT molecular complexity index is 598. The second-order valence-corrected chi connectivity index (χ2v) is 6.87. The van der Waals surface area contributed by atoms with Gasteiger partial charge in [0.05, 0.1) is 6.04 Å². The first-order valence-corrected chi connectivity index (χ1v) is 8.38. The molecule has 0 aliphatic heterocycles. The molecule has 2 nitrogen and oxygen atoms in total. The van der Waals surface area contributed by atoms with Crippen LogP contribution in [0.3, 0.4) is 0 Å². The molecule has 1 aliphatic carbocycles. The fourth-order valence-electron chi connectivity index (χ4n) is 2.70. The minimum Gasteiger partial charge on any atom is -0.329 e. The molecule has 1 saturated carbocycles. The number of thiophene rings is 1. The predicted molar refractivity (Wildman–Crippen MR) is 86.1 cm³/mol. The molecule has 0 radical (unpaired) electrons. The summed E-state index contributed by atoms with van der Waals surface area (Å²) in [4.78, 5) is 3.62. The number of halogens is 2. The largest absolute Gasteiger partial charge is 0.329 e. The molecule has 1 aromatic heterocycles. The Morgan fingerprint density at radius 2 is 2.19 bits per heavy atom. The third-order valence-corrected chi connectivity index (χ3v) is 4.98. The van der Waals surface area contributed by atoms with Gasteiger partial charge in [0.25, 0.3) is 0 Å². The molecule has 0 bridgehead atoms. The van der Waals surface area contributed by atoms with Crippen LogP contribution in [-0.2, 0) is 6.54 Å². The molecule has 112 valence electrons. The van der Waals surface area contributed by atoms with Gasteiger partial charge in [-0.1, -0.05) is 23.7 Å². The van der Waals surface area contributed by atoms with E-state index in [2.05, 4.69) is 16.3 Å². The lowest BCUT2D eigenvalue weighted by molar-refractivity contribution is 0.180. The van der Waals surface area contributed by atoms with Gasteiger partial charge in [0.1, 0.15) is 5.82 Å². The molecule has 0 saturated heterocycles. The molecule has 1 heterocycles. The highest BCUT2D eigenvalue weighted by Gasteiger charge is 2.35. The Kier molecular flexibility index (Phi) is 4.60. The van der Waals surface area contributed by atoms with Gasteiger partial charge in [0, 0.05) is 34.6 Å². The van der Waals surface area contributed by atoms with Gasteiger partial charge in [-0.3, -0.25) is 4.90 Å². The summed E-state index contributed by atoms with van der Waals surface area (Å²) >= 11 is 7.58. The third-order valence-electron chi connectivity index (χ3n) is 3.88. The maximum Gasteiger partial charge on any atom is 0.129 e. The lowest BCUT2D eigenvalue weighted by atomic mass is 10.0. The molecule has 1 aromatic carbocycles. The van der Waals surface area contributed by atoms with E-state index < -0.39 is 0 Å². The molecule has 3 rings (SSSR count). The second kappa shape index (κ2) is 6.44. The Labute approximate surface area is 133 Å². The van der Waals surface area contributed by atoms with Gasteiger partial charge in [0.2, 0.25) is 0 Å². The van der Waals surface area contributed by atoms with Crippen LogP contribution in [0.2, 0.25) is 5.02 Å². The van der Waals surface area contributed by atoms with Crippen molar-refractivity contribution in [2.45, 2.75) is 31.5 Å². The van der Waals surface area contributed by atoms with E-state index in [1.807, 2.05) is 6.07 Å². The van der Waals surface area contributed by atoms with E-state index in [0.717, 1.165) is 19.4 Å². The van der Waals surface area contributed by atoms with Crippen LogP contribution in [0.4, 0.5) is 4.39 Å². The SMILES string of the molecule is NCC(c1ccc(Cl)cc1F)N(Cc1cccs1)C1CC1. The number of hydrogen-bond acceptors (Lipinski definition) is 3. The van der Waals surface area contributed by atoms with Crippen LogP contribution in [0.15, 0.2) is 35.7 Å². The maximum atomic E-state index is 14.2. The molecule has 0 spiro atoms. The van der Waals surface area contributed by atoms with Crippen LogP contribution in [0, 0.1) is 5.82 Å². The molecule has 21 heavy (non-hydrogen) atoms. The van der Waals surface area contributed by atoms with Crippen molar-refractivity contribution in [1.82, 2.24) is 4.90 Å². The number of nitrogens with two attached hydrogens (primary N) is 1. The normalized spacial score (nSPS) is 16.4. The number of benzene rings is 1. The zero-order chi connectivity index (χ0) is 14.8. The van der Waals surface area contributed by atoms with Gasteiger partial charge in [-0.25, -0.2) is 4.39 Å². The standard InChI is InChI=1S/C16H18ClFN2S/c17-11-3-6-14(15(18)8-11)16(9-19)20(12-4-5-12)10-13-2-1-7-21-13/h1-3,6-8,12,16H,4-5,9-10,19H2. The second-order valence-electron chi connectivity index (χ2n) is 5.40. The van der Waals surface area contributed by atoms with E-state index in [1.165, 1.54) is 10.9 Å². The van der Waals surface area contributed by atoms with Crippen molar-refractivity contribution in [3.63, 3.8) is 0 Å². The summed E-state index contributed by atoms with van der Waals surface area (Å²) in [5, 5.41) is 2.49. The number of hydrogen-bond donors (Lipinski definition) is 1. The van der Waals surface area contributed by atoms with Crippen molar-refractivity contribution in [3.05, 3.63) is 57.0 Å². The fourth-order valence-corrected chi connectivity index (χ4v) is 3.57. The minimum atomic E-state index is -0.269. The fraction of sp³-hybridized carbons (Fsp3) is 0.375. The van der Waals surface area contributed by atoms with Gasteiger partial charge >= 0.3 is 0 Å². The van der Waals surface area contributed by atoms with Gasteiger partial charge in [0.15, 0.2) is 0 Å². The third kappa shape index (κ3) is 3.46. The molecule has 2 N–H and O–H groups in total. The van der Waals surface area contributed by atoms with Crippen LogP contribution in [0.5, 0.6) is 0 Å². The van der Waals surface area contributed by atoms with Crippen molar-refractivity contribution in [3.8, 4) is 0 Å². The zero-order valence-corrected chi connectivity index (χ0v) is 13.2. The van der Waals surface area contributed by atoms with Crippen LogP contribution in [0.25, 0.3) is 0 Å². The van der Waals surface area contributed by atoms with Crippen LogP contribution in [-0.4, -0.2) is 17.5 Å². The summed E-state index contributed by atoms with van der Waals surface area (Å²) < 4.78 is 14.2. The van der Waals surface area contributed by atoms with Gasteiger partial charge in [-0.05, 0) is 36.4 Å². The molecular formula is C16H18ClFN2S. The first-order chi connectivity index (χ1) is 10.2. The molecule has 2 aromatic rings. The molecule has 0 amide bonds. The highest BCUT2D eigenvalue weighted by Crippen LogP contribution is 2.37. The molecule has 1 aliphatic rings. The van der Waals surface area contributed by atoms with Gasteiger partial charge in [-0.2, -0.15) is 0 Å². The van der Waals surface area contributed by atoms with Gasteiger partial charge in [-0.15, -0.1) is 11.3 Å². The highest BCUT2D eigenvalue weighted by molar-refractivity contribution is 7.09. The average Bonchev–Trinajstić information content (AvgIpc) is 3.18. The van der Waals surface area contributed by atoms with Gasteiger partial charge < -0.3 is 5.73 Å².